The monoisotopic (exact) mass is 129 g/mol. The molecule has 1 nitrogen and oxygen atoms in total. The molecule has 1 saturated carbocycles. The van der Waals surface area contributed by atoms with Crippen molar-refractivity contribution in [3.05, 3.63) is 0 Å². The van der Waals surface area contributed by atoms with E-state index in [4.69, 9.17) is 5.73 Å². The minimum atomic E-state index is 0.532. The van der Waals surface area contributed by atoms with Crippen LogP contribution in [-0.4, -0.2) is 16.5 Å². The number of hydrogen-bond donors (Lipinski definition) is 1. The first-order valence-corrected chi connectivity index (χ1v) is 4.19. The van der Waals surface area contributed by atoms with E-state index >= 15 is 0 Å². The molecule has 1 unspecified atom stereocenters. The summed E-state index contributed by atoms with van der Waals surface area (Å²) in [6, 6.07) is 0.532. The quantitative estimate of drug-likeness (QED) is 0.493. The van der Waals surface area contributed by atoms with Crippen molar-refractivity contribution >= 4 is 11.8 Å². The first-order valence-electron chi connectivity index (χ1n) is 3.20. The van der Waals surface area contributed by atoms with Crippen LogP contribution < -0.4 is 5.73 Å². The lowest BCUT2D eigenvalue weighted by Crippen LogP contribution is -2.16. The zero-order valence-corrected chi connectivity index (χ0v) is 5.71. The fraction of sp³-hybridized carbons (Fsp3) is 1.00. The molecule has 1 spiro atoms. The summed E-state index contributed by atoms with van der Waals surface area (Å²) >= 11 is 2.10. The molecule has 1 aliphatic heterocycles. The van der Waals surface area contributed by atoms with Crippen LogP contribution in [0.5, 0.6) is 0 Å². The van der Waals surface area contributed by atoms with Gasteiger partial charge in [0, 0.05) is 16.5 Å². The Hall–Kier alpha value is 0.310. The number of thioether (sulfide) groups is 1. The lowest BCUT2D eigenvalue weighted by atomic mass is 10.1. The summed E-state index contributed by atoms with van der Waals surface area (Å²) in [5.74, 6) is 1.39. The van der Waals surface area contributed by atoms with E-state index in [1.54, 1.807) is 0 Å². The van der Waals surface area contributed by atoms with E-state index in [-0.39, 0.29) is 0 Å². The third-order valence-corrected chi connectivity index (χ3v) is 3.63. The second kappa shape index (κ2) is 1.42. The standard InChI is InChI=1S/C6H11NS/c7-5-1-2-6(3-5)4-8-6/h5H,1-4,7H2/t5-,6?/m0/s1. The molecule has 2 heteroatoms. The van der Waals surface area contributed by atoms with Gasteiger partial charge >= 0.3 is 0 Å². The normalized spacial score (nSPS) is 52.9. The van der Waals surface area contributed by atoms with Gasteiger partial charge in [-0.2, -0.15) is 11.8 Å². The third-order valence-electron chi connectivity index (χ3n) is 2.16. The van der Waals surface area contributed by atoms with E-state index in [0.29, 0.717) is 10.8 Å². The Bertz CT molecular complexity index is 109. The number of rotatable bonds is 0. The minimum absolute atomic E-state index is 0.532. The van der Waals surface area contributed by atoms with E-state index in [9.17, 15) is 0 Å². The van der Waals surface area contributed by atoms with Crippen molar-refractivity contribution in [2.24, 2.45) is 5.73 Å². The van der Waals surface area contributed by atoms with Gasteiger partial charge in [-0.05, 0) is 19.3 Å². The molecule has 46 valence electrons. The van der Waals surface area contributed by atoms with E-state index in [2.05, 4.69) is 11.8 Å². The first-order chi connectivity index (χ1) is 3.81. The van der Waals surface area contributed by atoms with Gasteiger partial charge in [0.25, 0.3) is 0 Å². The molecular formula is C6H11NS. The smallest absolute Gasteiger partial charge is 0.0266 e. The Labute approximate surface area is 54.0 Å². The Kier molecular flexibility index (Phi) is 0.910. The van der Waals surface area contributed by atoms with Crippen LogP contribution in [-0.2, 0) is 0 Å². The number of hydrogen-bond acceptors (Lipinski definition) is 2. The minimum Gasteiger partial charge on any atom is -0.328 e. The van der Waals surface area contributed by atoms with Crippen molar-refractivity contribution < 1.29 is 0 Å². The van der Waals surface area contributed by atoms with E-state index in [1.807, 2.05) is 0 Å². The molecule has 2 fully saturated rings. The van der Waals surface area contributed by atoms with Gasteiger partial charge in [0.15, 0.2) is 0 Å². The highest BCUT2D eigenvalue weighted by atomic mass is 32.2. The summed E-state index contributed by atoms with van der Waals surface area (Å²) in [7, 11) is 0. The Morgan fingerprint density at radius 1 is 1.62 bits per heavy atom. The molecule has 0 aromatic carbocycles. The van der Waals surface area contributed by atoms with Crippen molar-refractivity contribution in [1.82, 2.24) is 0 Å². The Morgan fingerprint density at radius 3 is 2.62 bits per heavy atom. The van der Waals surface area contributed by atoms with E-state index in [0.717, 1.165) is 0 Å². The van der Waals surface area contributed by atoms with Crippen molar-refractivity contribution in [1.29, 1.82) is 0 Å². The molecule has 1 aliphatic carbocycles. The molecule has 0 bridgehead atoms. The second-order valence-corrected chi connectivity index (χ2v) is 4.42. The Balaban J connectivity index is 2.03. The summed E-state index contributed by atoms with van der Waals surface area (Å²) in [5, 5.41) is 0. The van der Waals surface area contributed by atoms with Gasteiger partial charge in [0.05, 0.1) is 0 Å². The predicted molar refractivity (Wildman–Crippen MR) is 37.0 cm³/mol. The lowest BCUT2D eigenvalue weighted by molar-refractivity contribution is 0.686. The zero-order chi connectivity index (χ0) is 5.61. The van der Waals surface area contributed by atoms with Crippen LogP contribution in [0.4, 0.5) is 0 Å². The average molecular weight is 129 g/mol. The highest BCUT2D eigenvalue weighted by Gasteiger charge is 2.48. The van der Waals surface area contributed by atoms with Crippen LogP contribution in [0.25, 0.3) is 0 Å². The molecule has 2 aliphatic rings. The number of nitrogens with two attached hydrogens (primary N) is 1. The largest absolute Gasteiger partial charge is 0.328 e. The van der Waals surface area contributed by atoms with Crippen LogP contribution in [0.3, 0.4) is 0 Å². The summed E-state index contributed by atoms with van der Waals surface area (Å²) in [4.78, 5) is 0. The van der Waals surface area contributed by atoms with Gasteiger partial charge < -0.3 is 5.73 Å². The SMILES string of the molecule is N[C@H]1CCC2(CS2)C1. The molecule has 1 heterocycles. The van der Waals surface area contributed by atoms with Gasteiger partial charge in [0.1, 0.15) is 0 Å². The summed E-state index contributed by atoms with van der Waals surface area (Å²) in [6.45, 7) is 0. The van der Waals surface area contributed by atoms with Gasteiger partial charge in [0.2, 0.25) is 0 Å². The van der Waals surface area contributed by atoms with Crippen molar-refractivity contribution in [2.45, 2.75) is 30.1 Å². The predicted octanol–water partition coefficient (Wildman–Crippen LogP) is 0.983. The van der Waals surface area contributed by atoms with E-state index in [1.165, 1.54) is 25.0 Å². The maximum Gasteiger partial charge on any atom is 0.0266 e. The summed E-state index contributed by atoms with van der Waals surface area (Å²) in [6.07, 6.45) is 3.95. The first kappa shape index (κ1) is 5.12. The van der Waals surface area contributed by atoms with Crippen molar-refractivity contribution in [3.63, 3.8) is 0 Å². The topological polar surface area (TPSA) is 26.0 Å². The van der Waals surface area contributed by atoms with Gasteiger partial charge in [-0.25, -0.2) is 0 Å². The highest BCUT2D eigenvalue weighted by molar-refractivity contribution is 8.07. The van der Waals surface area contributed by atoms with Crippen molar-refractivity contribution in [2.75, 3.05) is 5.75 Å². The van der Waals surface area contributed by atoms with E-state index < -0.39 is 0 Å². The molecule has 2 atom stereocenters. The summed E-state index contributed by atoms with van der Waals surface area (Å²) < 4.78 is 0.708. The van der Waals surface area contributed by atoms with Crippen LogP contribution >= 0.6 is 11.8 Å². The molecular weight excluding hydrogens is 118 g/mol. The van der Waals surface area contributed by atoms with Crippen LogP contribution in [0.1, 0.15) is 19.3 Å². The van der Waals surface area contributed by atoms with Gasteiger partial charge in [-0.3, -0.25) is 0 Å². The average Bonchev–Trinajstić information content (AvgIpc) is 2.34. The summed E-state index contributed by atoms with van der Waals surface area (Å²) in [5.41, 5.74) is 5.74. The molecule has 2 N–H and O–H groups in total. The molecule has 2 rings (SSSR count). The van der Waals surface area contributed by atoms with Crippen LogP contribution in [0.15, 0.2) is 0 Å². The lowest BCUT2D eigenvalue weighted by Gasteiger charge is -1.99. The second-order valence-electron chi connectivity index (χ2n) is 2.97. The molecule has 0 aromatic heterocycles. The maximum atomic E-state index is 5.74. The fourth-order valence-electron chi connectivity index (χ4n) is 1.49. The highest BCUT2D eigenvalue weighted by Crippen LogP contribution is 2.55. The molecule has 1 saturated heterocycles. The molecule has 0 radical (unpaired) electrons. The van der Waals surface area contributed by atoms with Crippen molar-refractivity contribution in [3.8, 4) is 0 Å². The molecule has 0 aromatic rings. The van der Waals surface area contributed by atoms with Gasteiger partial charge in [-0.1, -0.05) is 0 Å². The van der Waals surface area contributed by atoms with Crippen LogP contribution in [0, 0.1) is 0 Å². The zero-order valence-electron chi connectivity index (χ0n) is 4.89. The Morgan fingerprint density at radius 2 is 2.38 bits per heavy atom. The third kappa shape index (κ3) is 0.669. The maximum absolute atomic E-state index is 5.74. The molecule has 8 heavy (non-hydrogen) atoms. The fourth-order valence-corrected chi connectivity index (χ4v) is 2.56. The molecule has 0 amide bonds. The van der Waals surface area contributed by atoms with Crippen LogP contribution in [0.2, 0.25) is 0 Å². The van der Waals surface area contributed by atoms with Gasteiger partial charge in [-0.15, -0.1) is 0 Å².